The average Bonchev–Trinajstić information content (AvgIpc) is 2.84. The van der Waals surface area contributed by atoms with Crippen molar-refractivity contribution in [1.29, 1.82) is 0 Å². The van der Waals surface area contributed by atoms with E-state index in [1.165, 1.54) is 31.0 Å². The van der Waals surface area contributed by atoms with E-state index in [-0.39, 0.29) is 5.91 Å². The highest BCUT2D eigenvalue weighted by molar-refractivity contribution is 8.14. The van der Waals surface area contributed by atoms with Gasteiger partial charge in [0.2, 0.25) is 5.91 Å². The van der Waals surface area contributed by atoms with Crippen molar-refractivity contribution < 1.29 is 9.53 Å². The summed E-state index contributed by atoms with van der Waals surface area (Å²) in [6.07, 6.45) is 5.84. The molecule has 0 bridgehead atoms. The van der Waals surface area contributed by atoms with Crippen LogP contribution in [0, 0.1) is 0 Å². The van der Waals surface area contributed by atoms with Crippen LogP contribution in [-0.2, 0) is 4.79 Å². The molecule has 1 saturated carbocycles. The van der Waals surface area contributed by atoms with Crippen LogP contribution in [0.2, 0.25) is 0 Å². The van der Waals surface area contributed by atoms with Crippen LogP contribution in [0.15, 0.2) is 64.6 Å². The summed E-state index contributed by atoms with van der Waals surface area (Å²) in [4.78, 5) is 24.1. The second-order valence-corrected chi connectivity index (χ2v) is 8.64. The Bertz CT molecular complexity index is 938. The maximum absolute atomic E-state index is 12.6. The minimum absolute atomic E-state index is 0.0676. The zero-order chi connectivity index (χ0) is 21.5. The molecular weight excluding hydrogens is 408 g/mol. The van der Waals surface area contributed by atoms with Crippen LogP contribution < -0.4 is 15.0 Å². The molecule has 6 nitrogen and oxygen atoms in total. The third-order valence-electron chi connectivity index (χ3n) is 5.51. The molecule has 0 atom stereocenters. The number of nitrogens with one attached hydrogen (secondary N) is 1. The van der Waals surface area contributed by atoms with E-state index in [9.17, 15) is 4.79 Å². The number of nitrogens with zero attached hydrogens (tertiary/aromatic N) is 3. The zero-order valence-corrected chi connectivity index (χ0v) is 18.6. The Morgan fingerprint density at radius 3 is 2.55 bits per heavy atom. The predicted molar refractivity (Wildman–Crippen MR) is 128 cm³/mol. The van der Waals surface area contributed by atoms with Crippen molar-refractivity contribution in [2.24, 2.45) is 9.98 Å². The molecule has 2 aliphatic rings. The van der Waals surface area contributed by atoms with Crippen LogP contribution in [0.4, 0.5) is 5.69 Å². The van der Waals surface area contributed by atoms with E-state index in [1.807, 2.05) is 59.5 Å². The number of ether oxygens (including phenoxy) is 1. The Hall–Kier alpha value is -2.80. The molecule has 1 aliphatic carbocycles. The van der Waals surface area contributed by atoms with Crippen LogP contribution in [0.3, 0.4) is 0 Å². The van der Waals surface area contributed by atoms with Gasteiger partial charge in [0.1, 0.15) is 12.4 Å². The zero-order valence-electron chi connectivity index (χ0n) is 17.8. The average molecular weight is 437 g/mol. The molecule has 31 heavy (non-hydrogen) atoms. The fourth-order valence-electron chi connectivity index (χ4n) is 3.84. The maximum Gasteiger partial charge on any atom is 0.230 e. The van der Waals surface area contributed by atoms with Gasteiger partial charge < -0.3 is 15.0 Å². The van der Waals surface area contributed by atoms with Gasteiger partial charge in [0.25, 0.3) is 0 Å². The van der Waals surface area contributed by atoms with E-state index >= 15 is 0 Å². The normalized spacial score (nSPS) is 17.0. The summed E-state index contributed by atoms with van der Waals surface area (Å²) >= 11 is 1.46. The van der Waals surface area contributed by atoms with Gasteiger partial charge in [0.15, 0.2) is 11.0 Å². The molecule has 1 N–H and O–H groups in total. The number of amidine groups is 2. The summed E-state index contributed by atoms with van der Waals surface area (Å²) in [6, 6.07) is 18.1. The molecule has 0 radical (unpaired) electrons. The summed E-state index contributed by atoms with van der Waals surface area (Å²) < 4.78 is 5.27. The molecule has 0 unspecified atom stereocenters. The minimum Gasteiger partial charge on any atom is -0.497 e. The molecule has 0 saturated heterocycles. The smallest absolute Gasteiger partial charge is 0.230 e. The van der Waals surface area contributed by atoms with Crippen molar-refractivity contribution in [3.63, 3.8) is 0 Å². The number of hydrogen-bond acceptors (Lipinski definition) is 6. The number of anilines is 1. The molecule has 1 aliphatic heterocycles. The molecule has 1 fully saturated rings. The lowest BCUT2D eigenvalue weighted by Gasteiger charge is -2.28. The van der Waals surface area contributed by atoms with Gasteiger partial charge in [-0.05, 0) is 37.1 Å². The van der Waals surface area contributed by atoms with E-state index in [2.05, 4.69) is 10.3 Å². The van der Waals surface area contributed by atoms with Crippen molar-refractivity contribution in [3.8, 4) is 5.75 Å². The first-order chi connectivity index (χ1) is 15.2. The molecule has 162 valence electrons. The summed E-state index contributed by atoms with van der Waals surface area (Å²) in [5, 5.41) is 3.97. The first-order valence-electron chi connectivity index (χ1n) is 10.8. The Kier molecular flexibility index (Phi) is 7.25. The van der Waals surface area contributed by atoms with Gasteiger partial charge in [-0.15, -0.1) is 0 Å². The number of aliphatic imine (C=N–C) groups is 2. The lowest BCUT2D eigenvalue weighted by molar-refractivity contribution is -0.119. The van der Waals surface area contributed by atoms with E-state index < -0.39 is 0 Å². The predicted octanol–water partition coefficient (Wildman–Crippen LogP) is 4.46. The number of carbonyl (C=O) groups excluding carboxylic acids is 1. The lowest BCUT2D eigenvalue weighted by Crippen LogP contribution is -2.39. The monoisotopic (exact) mass is 436 g/mol. The van der Waals surface area contributed by atoms with Crippen molar-refractivity contribution in [2.75, 3.05) is 24.4 Å². The first kappa shape index (κ1) is 21.4. The van der Waals surface area contributed by atoms with Crippen molar-refractivity contribution >= 4 is 34.4 Å². The molecule has 1 amide bonds. The molecule has 1 heterocycles. The highest BCUT2D eigenvalue weighted by Crippen LogP contribution is 2.26. The molecular formula is C24H28N4O2S. The molecule has 2 aromatic carbocycles. The fourth-order valence-corrected chi connectivity index (χ4v) is 4.65. The third kappa shape index (κ3) is 5.67. The van der Waals surface area contributed by atoms with Crippen LogP contribution in [0.1, 0.15) is 37.7 Å². The Morgan fingerprint density at radius 2 is 1.84 bits per heavy atom. The number of carbonyl (C=O) groups is 1. The van der Waals surface area contributed by atoms with Gasteiger partial charge >= 0.3 is 0 Å². The SMILES string of the molecule is COc1ccc(N2CN=C(c3ccccc3)N=C2SCC(=O)NC2CCCCC2)cc1. The van der Waals surface area contributed by atoms with E-state index in [1.54, 1.807) is 7.11 Å². The van der Waals surface area contributed by atoms with Crippen LogP contribution in [0.5, 0.6) is 5.75 Å². The standard InChI is InChI=1S/C24H28N4O2S/c1-30-21-14-12-20(13-15-21)28-17-25-23(18-8-4-2-5-9-18)27-24(28)31-16-22(29)26-19-10-6-3-7-11-19/h2,4-5,8-9,12-15,19H,3,6-7,10-11,16-17H2,1H3,(H,26,29). The Labute approximate surface area is 187 Å². The second kappa shape index (κ2) is 10.5. The van der Waals surface area contributed by atoms with Gasteiger partial charge in [0, 0.05) is 17.3 Å². The van der Waals surface area contributed by atoms with Crippen LogP contribution >= 0.6 is 11.8 Å². The number of thioether (sulfide) groups is 1. The highest BCUT2D eigenvalue weighted by atomic mass is 32.2. The molecule has 2 aromatic rings. The maximum atomic E-state index is 12.6. The number of amides is 1. The van der Waals surface area contributed by atoms with Crippen molar-refractivity contribution in [2.45, 2.75) is 38.1 Å². The van der Waals surface area contributed by atoms with E-state index in [0.717, 1.165) is 35.0 Å². The van der Waals surface area contributed by atoms with Gasteiger partial charge in [-0.25, -0.2) is 9.98 Å². The number of rotatable bonds is 6. The molecule has 7 heteroatoms. The van der Waals surface area contributed by atoms with Gasteiger partial charge in [-0.1, -0.05) is 61.4 Å². The quantitative estimate of drug-likeness (QED) is 0.726. The first-order valence-corrected chi connectivity index (χ1v) is 11.7. The molecule has 0 spiro atoms. The van der Waals surface area contributed by atoms with Crippen LogP contribution in [-0.4, -0.2) is 42.5 Å². The number of methoxy groups -OCH3 is 1. The van der Waals surface area contributed by atoms with Crippen molar-refractivity contribution in [1.82, 2.24) is 5.32 Å². The number of hydrogen-bond donors (Lipinski definition) is 1. The Morgan fingerprint density at radius 1 is 1.10 bits per heavy atom. The summed E-state index contributed by atoms with van der Waals surface area (Å²) in [7, 11) is 1.65. The topological polar surface area (TPSA) is 66.3 Å². The largest absolute Gasteiger partial charge is 0.497 e. The Balaban J connectivity index is 1.49. The summed E-state index contributed by atoms with van der Waals surface area (Å²) in [5.41, 5.74) is 1.94. The highest BCUT2D eigenvalue weighted by Gasteiger charge is 2.22. The van der Waals surface area contributed by atoms with Gasteiger partial charge in [-0.3, -0.25) is 4.79 Å². The molecule has 0 aromatic heterocycles. The van der Waals surface area contributed by atoms with Crippen molar-refractivity contribution in [3.05, 3.63) is 60.2 Å². The molecule has 4 rings (SSSR count). The lowest BCUT2D eigenvalue weighted by atomic mass is 9.95. The second-order valence-electron chi connectivity index (χ2n) is 7.70. The van der Waals surface area contributed by atoms with E-state index in [4.69, 9.17) is 9.73 Å². The van der Waals surface area contributed by atoms with Gasteiger partial charge in [0.05, 0.1) is 12.9 Å². The van der Waals surface area contributed by atoms with E-state index in [0.29, 0.717) is 24.3 Å². The number of benzene rings is 2. The van der Waals surface area contributed by atoms with Gasteiger partial charge in [-0.2, -0.15) is 0 Å². The summed E-state index contributed by atoms with van der Waals surface area (Å²) in [5.74, 6) is 1.90. The fraction of sp³-hybridized carbons (Fsp3) is 0.375. The third-order valence-corrected chi connectivity index (χ3v) is 6.49. The van der Waals surface area contributed by atoms with Crippen LogP contribution in [0.25, 0.3) is 0 Å². The summed E-state index contributed by atoms with van der Waals surface area (Å²) in [6.45, 7) is 0.451. The minimum atomic E-state index is 0.0676.